The second-order valence-electron chi connectivity index (χ2n) is 16.7. The lowest BCUT2D eigenvalue weighted by molar-refractivity contribution is 0.670. The Balaban J connectivity index is 1.12. The highest BCUT2D eigenvalue weighted by Gasteiger charge is 2.27. The van der Waals surface area contributed by atoms with E-state index in [4.69, 9.17) is 4.42 Å². The van der Waals surface area contributed by atoms with Crippen molar-refractivity contribution in [2.45, 2.75) is 0 Å². The largest absolute Gasteiger partial charge is 0.455 e. The van der Waals surface area contributed by atoms with Crippen LogP contribution in [0.15, 0.2) is 241 Å². The standard InChI is InChI=1S/C62H39NOS/c1-2-17-40(18-3-1)42-19-14-20-43(39-42)59-50-25-6-4-21-46(50)47-22-5-7-26-51(47)61(59)63(44-37-35-41(36-38-44)45-28-16-34-58-60(45)54-27-10-13-33-57(54)65-58)55-31-11-8-23-48(55)52-29-15-30-53-49-24-9-12-32-56(49)64-62(52)53/h1-39H. The number of anilines is 3. The SMILES string of the molecule is c1ccc(-c2cccc(-c3c(N(c4ccc(-c5cccc6sc7ccccc7c56)cc4)c4ccccc4-c4cccc5c4oc4ccccc45)c4ccccc4c4ccccc34)c2)cc1. The van der Waals surface area contributed by atoms with E-state index in [1.54, 1.807) is 0 Å². The van der Waals surface area contributed by atoms with Gasteiger partial charge in [-0.3, -0.25) is 0 Å². The molecule has 13 aromatic rings. The van der Waals surface area contributed by atoms with E-state index in [9.17, 15) is 0 Å². The predicted molar refractivity (Wildman–Crippen MR) is 278 cm³/mol. The molecular formula is C62H39NOS. The maximum Gasteiger partial charge on any atom is 0.143 e. The normalized spacial score (nSPS) is 11.7. The summed E-state index contributed by atoms with van der Waals surface area (Å²) in [5.74, 6) is 0. The third-order valence-electron chi connectivity index (χ3n) is 13.1. The number of thiophene rings is 1. The Labute approximate surface area is 380 Å². The van der Waals surface area contributed by atoms with Gasteiger partial charge in [-0.25, -0.2) is 0 Å². The molecule has 0 aliphatic carbocycles. The number of benzene rings is 11. The minimum absolute atomic E-state index is 0.881. The summed E-state index contributed by atoms with van der Waals surface area (Å²) in [4.78, 5) is 2.51. The van der Waals surface area contributed by atoms with Crippen LogP contribution in [0.4, 0.5) is 17.1 Å². The summed E-state index contributed by atoms with van der Waals surface area (Å²) in [6.07, 6.45) is 0. The summed E-state index contributed by atoms with van der Waals surface area (Å²) in [5, 5.41) is 9.62. The van der Waals surface area contributed by atoms with Crippen molar-refractivity contribution in [3.8, 4) is 44.5 Å². The lowest BCUT2D eigenvalue weighted by Crippen LogP contribution is -2.13. The monoisotopic (exact) mass is 845 g/mol. The van der Waals surface area contributed by atoms with Crippen molar-refractivity contribution >= 4 is 92.1 Å². The maximum absolute atomic E-state index is 6.77. The zero-order valence-corrected chi connectivity index (χ0v) is 36.1. The first-order valence-corrected chi connectivity index (χ1v) is 23.0. The summed E-state index contributed by atoms with van der Waals surface area (Å²) in [6.45, 7) is 0. The maximum atomic E-state index is 6.77. The first-order valence-electron chi connectivity index (χ1n) is 22.2. The van der Waals surface area contributed by atoms with E-state index < -0.39 is 0 Å². The summed E-state index contributed by atoms with van der Waals surface area (Å²) in [7, 11) is 0. The molecule has 0 amide bonds. The van der Waals surface area contributed by atoms with E-state index >= 15 is 0 Å². The molecular weight excluding hydrogens is 807 g/mol. The number of rotatable bonds is 7. The molecule has 0 aliphatic heterocycles. The van der Waals surface area contributed by atoms with Gasteiger partial charge in [0, 0.05) is 58.7 Å². The van der Waals surface area contributed by atoms with Crippen LogP contribution in [-0.2, 0) is 0 Å². The van der Waals surface area contributed by atoms with Crippen LogP contribution in [-0.4, -0.2) is 0 Å². The molecule has 0 N–H and O–H groups in total. The van der Waals surface area contributed by atoms with Crippen LogP contribution in [0, 0.1) is 0 Å². The molecule has 0 saturated carbocycles. The molecule has 0 unspecified atom stereocenters. The Morgan fingerprint density at radius 2 is 0.908 bits per heavy atom. The first kappa shape index (κ1) is 37.3. The summed E-state index contributed by atoms with van der Waals surface area (Å²) in [6, 6.07) is 86.1. The first-order chi connectivity index (χ1) is 32.3. The highest BCUT2D eigenvalue weighted by Crippen LogP contribution is 2.52. The number of hydrogen-bond donors (Lipinski definition) is 0. The summed E-state index contributed by atoms with van der Waals surface area (Å²) < 4.78 is 9.37. The number of nitrogens with zero attached hydrogens (tertiary/aromatic N) is 1. The average molecular weight is 846 g/mol. The van der Waals surface area contributed by atoms with E-state index in [1.807, 2.05) is 17.4 Å². The van der Waals surface area contributed by atoms with E-state index in [1.165, 1.54) is 69.5 Å². The van der Waals surface area contributed by atoms with Crippen molar-refractivity contribution in [2.75, 3.05) is 4.90 Å². The number of para-hydroxylation sites is 3. The van der Waals surface area contributed by atoms with Crippen LogP contribution in [0.3, 0.4) is 0 Å². The molecule has 0 aliphatic rings. The van der Waals surface area contributed by atoms with Gasteiger partial charge in [-0.2, -0.15) is 0 Å². The molecule has 0 radical (unpaired) electrons. The molecule has 0 spiro atoms. The molecule has 65 heavy (non-hydrogen) atoms. The minimum atomic E-state index is 0.881. The average Bonchev–Trinajstić information content (AvgIpc) is 3.96. The van der Waals surface area contributed by atoms with Gasteiger partial charge in [-0.1, -0.05) is 194 Å². The number of hydrogen-bond acceptors (Lipinski definition) is 3. The Hall–Kier alpha value is -8.24. The van der Waals surface area contributed by atoms with Crippen molar-refractivity contribution in [1.82, 2.24) is 0 Å². The number of fused-ring (bicyclic) bond motifs is 9. The fraction of sp³-hybridized carbons (Fsp3) is 0. The number of furan rings is 1. The van der Waals surface area contributed by atoms with Crippen LogP contribution in [0.5, 0.6) is 0 Å². The lowest BCUT2D eigenvalue weighted by Gasteiger charge is -2.32. The highest BCUT2D eigenvalue weighted by atomic mass is 32.1. The van der Waals surface area contributed by atoms with Gasteiger partial charge in [0.25, 0.3) is 0 Å². The Kier molecular flexibility index (Phi) is 8.75. The second-order valence-corrected chi connectivity index (χ2v) is 17.8. The minimum Gasteiger partial charge on any atom is -0.455 e. The third kappa shape index (κ3) is 6.08. The molecule has 2 aromatic heterocycles. The van der Waals surface area contributed by atoms with E-state index in [0.29, 0.717) is 0 Å². The third-order valence-corrected chi connectivity index (χ3v) is 14.2. The van der Waals surface area contributed by atoms with Crippen molar-refractivity contribution in [2.24, 2.45) is 0 Å². The molecule has 0 atom stereocenters. The van der Waals surface area contributed by atoms with Crippen molar-refractivity contribution < 1.29 is 4.42 Å². The van der Waals surface area contributed by atoms with Gasteiger partial charge in [0.15, 0.2) is 0 Å². The zero-order chi connectivity index (χ0) is 42.8. The molecule has 0 bridgehead atoms. The molecule has 304 valence electrons. The van der Waals surface area contributed by atoms with Gasteiger partial charge < -0.3 is 9.32 Å². The van der Waals surface area contributed by atoms with E-state index in [0.717, 1.165) is 55.7 Å². The molecule has 2 nitrogen and oxygen atoms in total. The molecule has 11 aromatic carbocycles. The van der Waals surface area contributed by atoms with Crippen LogP contribution in [0.25, 0.3) is 108 Å². The van der Waals surface area contributed by atoms with Gasteiger partial charge in [-0.05, 0) is 86.4 Å². The van der Waals surface area contributed by atoms with Gasteiger partial charge in [0.1, 0.15) is 11.2 Å². The Bertz CT molecular complexity index is 3950. The highest BCUT2D eigenvalue weighted by molar-refractivity contribution is 7.25. The van der Waals surface area contributed by atoms with Gasteiger partial charge in [-0.15, -0.1) is 11.3 Å². The van der Waals surface area contributed by atoms with Crippen LogP contribution in [0.2, 0.25) is 0 Å². The quantitative estimate of drug-likeness (QED) is 0.149. The molecule has 3 heteroatoms. The Morgan fingerprint density at radius 1 is 0.338 bits per heavy atom. The van der Waals surface area contributed by atoms with Crippen LogP contribution >= 0.6 is 11.3 Å². The lowest BCUT2D eigenvalue weighted by atomic mass is 9.88. The van der Waals surface area contributed by atoms with Crippen LogP contribution in [0.1, 0.15) is 0 Å². The van der Waals surface area contributed by atoms with E-state index in [2.05, 4.69) is 235 Å². The fourth-order valence-corrected chi connectivity index (χ4v) is 11.3. The smallest absolute Gasteiger partial charge is 0.143 e. The summed E-state index contributed by atoms with van der Waals surface area (Å²) >= 11 is 1.86. The van der Waals surface area contributed by atoms with Gasteiger partial charge in [0.05, 0.1) is 11.4 Å². The van der Waals surface area contributed by atoms with Gasteiger partial charge in [0.2, 0.25) is 0 Å². The molecule has 2 heterocycles. The molecule has 0 fully saturated rings. The summed E-state index contributed by atoms with van der Waals surface area (Å²) in [5.41, 5.74) is 14.2. The Morgan fingerprint density at radius 3 is 1.75 bits per heavy atom. The van der Waals surface area contributed by atoms with Crippen molar-refractivity contribution in [3.05, 3.63) is 237 Å². The molecule has 0 saturated heterocycles. The topological polar surface area (TPSA) is 16.4 Å². The van der Waals surface area contributed by atoms with Gasteiger partial charge >= 0.3 is 0 Å². The van der Waals surface area contributed by atoms with Crippen molar-refractivity contribution in [1.29, 1.82) is 0 Å². The predicted octanol–water partition coefficient (Wildman–Crippen LogP) is 18.4. The van der Waals surface area contributed by atoms with Crippen molar-refractivity contribution in [3.63, 3.8) is 0 Å². The molecule has 13 rings (SSSR count). The van der Waals surface area contributed by atoms with E-state index in [-0.39, 0.29) is 0 Å². The van der Waals surface area contributed by atoms with Crippen LogP contribution < -0.4 is 4.90 Å². The second kappa shape index (κ2) is 15.2. The fourth-order valence-electron chi connectivity index (χ4n) is 10.2. The zero-order valence-electron chi connectivity index (χ0n) is 35.3.